The maximum atomic E-state index is 12.2. The predicted octanol–water partition coefficient (Wildman–Crippen LogP) is 3.35. The molecule has 2 aromatic carbocycles. The summed E-state index contributed by atoms with van der Waals surface area (Å²) in [5.74, 6) is 1.77. The van der Waals surface area contributed by atoms with Crippen molar-refractivity contribution in [3.05, 3.63) is 54.1 Å². The highest BCUT2D eigenvalue weighted by molar-refractivity contribution is 5.78. The van der Waals surface area contributed by atoms with Crippen molar-refractivity contribution in [1.82, 2.24) is 5.32 Å². The number of hydrogen-bond acceptors (Lipinski definition) is 4. The first kappa shape index (κ1) is 17.7. The number of amides is 1. The van der Waals surface area contributed by atoms with Gasteiger partial charge in [-0.3, -0.25) is 4.79 Å². The molecule has 0 spiro atoms. The van der Waals surface area contributed by atoms with Crippen molar-refractivity contribution in [1.29, 1.82) is 0 Å². The largest absolute Gasteiger partial charge is 0.497 e. The van der Waals surface area contributed by atoms with Crippen LogP contribution in [0.15, 0.2) is 48.5 Å². The van der Waals surface area contributed by atoms with Gasteiger partial charge in [-0.15, -0.1) is 0 Å². The van der Waals surface area contributed by atoms with Crippen molar-refractivity contribution in [3.8, 4) is 17.2 Å². The summed E-state index contributed by atoms with van der Waals surface area (Å²) in [4.78, 5) is 12.2. The standard InChI is InChI=1S/C19H23NO4/c1-4-16(14-9-11-15(22-2)12-10-14)20-19(21)13-24-18-8-6-5-7-17(18)23-3/h5-12,16H,4,13H2,1-3H3,(H,20,21)/t16-/m0/s1. The van der Waals surface area contributed by atoms with E-state index < -0.39 is 0 Å². The molecule has 1 atom stereocenters. The van der Waals surface area contributed by atoms with E-state index in [9.17, 15) is 4.79 Å². The van der Waals surface area contributed by atoms with Gasteiger partial charge in [0.2, 0.25) is 0 Å². The zero-order valence-corrected chi connectivity index (χ0v) is 14.2. The molecular formula is C19H23NO4. The second kappa shape index (κ2) is 8.82. The maximum absolute atomic E-state index is 12.2. The molecule has 2 aromatic rings. The maximum Gasteiger partial charge on any atom is 0.258 e. The Morgan fingerprint density at radius 2 is 1.67 bits per heavy atom. The van der Waals surface area contributed by atoms with Gasteiger partial charge in [0.05, 0.1) is 20.3 Å². The van der Waals surface area contributed by atoms with Gasteiger partial charge in [-0.2, -0.15) is 0 Å². The van der Waals surface area contributed by atoms with Crippen LogP contribution in [0.4, 0.5) is 0 Å². The second-order valence-corrected chi connectivity index (χ2v) is 5.24. The van der Waals surface area contributed by atoms with Crippen molar-refractivity contribution < 1.29 is 19.0 Å². The fourth-order valence-electron chi connectivity index (χ4n) is 2.37. The first-order valence-electron chi connectivity index (χ1n) is 7.87. The monoisotopic (exact) mass is 329 g/mol. The Morgan fingerprint density at radius 1 is 1.00 bits per heavy atom. The molecule has 0 heterocycles. The number of carbonyl (C=O) groups is 1. The molecule has 24 heavy (non-hydrogen) atoms. The zero-order chi connectivity index (χ0) is 17.4. The molecule has 0 aliphatic rings. The topological polar surface area (TPSA) is 56.8 Å². The normalized spacial score (nSPS) is 11.5. The lowest BCUT2D eigenvalue weighted by Gasteiger charge is -2.18. The molecule has 0 radical (unpaired) electrons. The first-order chi connectivity index (χ1) is 11.7. The van der Waals surface area contributed by atoms with Gasteiger partial charge in [0.1, 0.15) is 5.75 Å². The highest BCUT2D eigenvalue weighted by Gasteiger charge is 2.14. The van der Waals surface area contributed by atoms with E-state index in [-0.39, 0.29) is 18.6 Å². The summed E-state index contributed by atoms with van der Waals surface area (Å²) in [7, 11) is 3.20. The molecule has 0 saturated heterocycles. The summed E-state index contributed by atoms with van der Waals surface area (Å²) < 4.78 is 15.9. The SMILES string of the molecule is CC[C@H](NC(=O)COc1ccccc1OC)c1ccc(OC)cc1. The van der Waals surface area contributed by atoms with Crippen LogP contribution in [0, 0.1) is 0 Å². The van der Waals surface area contributed by atoms with Crippen molar-refractivity contribution >= 4 is 5.91 Å². The number of carbonyl (C=O) groups excluding carboxylic acids is 1. The fourth-order valence-corrected chi connectivity index (χ4v) is 2.37. The molecule has 0 aliphatic heterocycles. The quantitative estimate of drug-likeness (QED) is 0.807. The van der Waals surface area contributed by atoms with Crippen LogP contribution in [0.25, 0.3) is 0 Å². The molecule has 0 unspecified atom stereocenters. The lowest BCUT2D eigenvalue weighted by molar-refractivity contribution is -0.123. The molecule has 128 valence electrons. The number of methoxy groups -OCH3 is 2. The molecule has 0 fully saturated rings. The molecule has 5 nitrogen and oxygen atoms in total. The molecule has 0 aliphatic carbocycles. The molecule has 0 bridgehead atoms. The van der Waals surface area contributed by atoms with Crippen LogP contribution in [0.5, 0.6) is 17.2 Å². The fraction of sp³-hybridized carbons (Fsp3) is 0.316. The molecule has 0 aromatic heterocycles. The van der Waals surface area contributed by atoms with Crippen LogP contribution in [-0.2, 0) is 4.79 Å². The van der Waals surface area contributed by atoms with E-state index in [0.717, 1.165) is 17.7 Å². The minimum atomic E-state index is -0.177. The predicted molar refractivity (Wildman–Crippen MR) is 92.7 cm³/mol. The lowest BCUT2D eigenvalue weighted by Crippen LogP contribution is -2.32. The van der Waals surface area contributed by atoms with E-state index in [1.165, 1.54) is 0 Å². The number of ether oxygens (including phenoxy) is 3. The number of benzene rings is 2. The van der Waals surface area contributed by atoms with E-state index in [1.54, 1.807) is 26.4 Å². The van der Waals surface area contributed by atoms with Gasteiger partial charge in [-0.1, -0.05) is 31.2 Å². The second-order valence-electron chi connectivity index (χ2n) is 5.24. The van der Waals surface area contributed by atoms with Gasteiger partial charge in [0.25, 0.3) is 5.91 Å². The van der Waals surface area contributed by atoms with Crippen LogP contribution in [0.3, 0.4) is 0 Å². The van der Waals surface area contributed by atoms with E-state index >= 15 is 0 Å². The van der Waals surface area contributed by atoms with Gasteiger partial charge in [-0.25, -0.2) is 0 Å². The van der Waals surface area contributed by atoms with Crippen LogP contribution in [-0.4, -0.2) is 26.7 Å². The Kier molecular flexibility index (Phi) is 6.49. The highest BCUT2D eigenvalue weighted by atomic mass is 16.5. The van der Waals surface area contributed by atoms with Crippen LogP contribution >= 0.6 is 0 Å². The molecule has 5 heteroatoms. The smallest absolute Gasteiger partial charge is 0.258 e. The summed E-state index contributed by atoms with van der Waals surface area (Å²) in [5, 5.41) is 2.98. The Hall–Kier alpha value is -2.69. The number of para-hydroxylation sites is 2. The highest BCUT2D eigenvalue weighted by Crippen LogP contribution is 2.25. The van der Waals surface area contributed by atoms with Crippen molar-refractivity contribution in [2.75, 3.05) is 20.8 Å². The lowest BCUT2D eigenvalue weighted by atomic mass is 10.0. The van der Waals surface area contributed by atoms with Crippen molar-refractivity contribution in [3.63, 3.8) is 0 Å². The zero-order valence-electron chi connectivity index (χ0n) is 14.2. The minimum absolute atomic E-state index is 0.0625. The van der Waals surface area contributed by atoms with Gasteiger partial charge < -0.3 is 19.5 Å². The summed E-state index contributed by atoms with van der Waals surface area (Å²) in [6, 6.07) is 14.9. The van der Waals surface area contributed by atoms with Gasteiger partial charge in [0.15, 0.2) is 18.1 Å². The van der Waals surface area contributed by atoms with Crippen LogP contribution in [0.1, 0.15) is 24.9 Å². The van der Waals surface area contributed by atoms with Crippen molar-refractivity contribution in [2.45, 2.75) is 19.4 Å². The third-order valence-electron chi connectivity index (χ3n) is 3.69. The molecule has 1 amide bonds. The van der Waals surface area contributed by atoms with Gasteiger partial charge >= 0.3 is 0 Å². The summed E-state index contributed by atoms with van der Waals surface area (Å²) in [6.45, 7) is 1.96. The van der Waals surface area contributed by atoms with E-state index in [1.807, 2.05) is 43.3 Å². The Labute approximate surface area is 142 Å². The average Bonchev–Trinajstić information content (AvgIpc) is 2.64. The number of nitrogens with one attached hydrogen (secondary N) is 1. The van der Waals surface area contributed by atoms with Crippen LogP contribution in [0.2, 0.25) is 0 Å². The third-order valence-corrected chi connectivity index (χ3v) is 3.69. The molecule has 1 N–H and O–H groups in total. The average molecular weight is 329 g/mol. The number of rotatable bonds is 8. The van der Waals surface area contributed by atoms with E-state index in [2.05, 4.69) is 5.32 Å². The van der Waals surface area contributed by atoms with E-state index in [0.29, 0.717) is 11.5 Å². The van der Waals surface area contributed by atoms with Crippen molar-refractivity contribution in [2.24, 2.45) is 0 Å². The van der Waals surface area contributed by atoms with Crippen LogP contribution < -0.4 is 19.5 Å². The summed E-state index contributed by atoms with van der Waals surface area (Å²) in [6.07, 6.45) is 0.784. The Balaban J connectivity index is 1.94. The molecule has 0 saturated carbocycles. The minimum Gasteiger partial charge on any atom is -0.497 e. The Morgan fingerprint density at radius 3 is 2.25 bits per heavy atom. The van der Waals surface area contributed by atoms with E-state index in [4.69, 9.17) is 14.2 Å². The third kappa shape index (κ3) is 4.65. The summed E-state index contributed by atoms with van der Waals surface area (Å²) >= 11 is 0. The molecular weight excluding hydrogens is 306 g/mol. The van der Waals surface area contributed by atoms with Gasteiger partial charge in [0, 0.05) is 0 Å². The number of hydrogen-bond donors (Lipinski definition) is 1. The van der Waals surface area contributed by atoms with Gasteiger partial charge in [-0.05, 0) is 36.2 Å². The molecule has 2 rings (SSSR count). The summed E-state index contributed by atoms with van der Waals surface area (Å²) in [5.41, 5.74) is 1.03. The first-order valence-corrected chi connectivity index (χ1v) is 7.87. The Bertz CT molecular complexity index is 655.